The summed E-state index contributed by atoms with van der Waals surface area (Å²) in [5.74, 6) is 1.38. The van der Waals surface area contributed by atoms with Crippen LogP contribution in [-0.2, 0) is 17.8 Å². The highest BCUT2D eigenvalue weighted by Gasteiger charge is 2.20. The van der Waals surface area contributed by atoms with Crippen LogP contribution in [0.4, 0.5) is 0 Å². The molecule has 0 aliphatic rings. The van der Waals surface area contributed by atoms with Crippen LogP contribution in [0.15, 0.2) is 76.2 Å². The number of methoxy groups -OCH3 is 1. The van der Waals surface area contributed by atoms with E-state index in [9.17, 15) is 9.59 Å². The number of hydrogen-bond acceptors (Lipinski definition) is 6. The zero-order valence-corrected chi connectivity index (χ0v) is 21.2. The van der Waals surface area contributed by atoms with E-state index in [0.29, 0.717) is 30.0 Å². The van der Waals surface area contributed by atoms with Gasteiger partial charge in [0.25, 0.3) is 5.56 Å². The van der Waals surface area contributed by atoms with Gasteiger partial charge in [0.05, 0.1) is 36.1 Å². The fourth-order valence-electron chi connectivity index (χ4n) is 4.79. The first-order valence-electron chi connectivity index (χ1n) is 12.0. The third-order valence-corrected chi connectivity index (χ3v) is 6.46. The molecule has 0 N–H and O–H groups in total. The number of pyridine rings is 2. The molecule has 7 nitrogen and oxygen atoms in total. The maximum absolute atomic E-state index is 13.9. The second kappa shape index (κ2) is 9.85. The van der Waals surface area contributed by atoms with Gasteiger partial charge in [-0.2, -0.15) is 0 Å². The third kappa shape index (κ3) is 4.68. The van der Waals surface area contributed by atoms with Gasteiger partial charge in [0.2, 0.25) is 0 Å². The summed E-state index contributed by atoms with van der Waals surface area (Å²) in [5, 5.41) is 4.97. The van der Waals surface area contributed by atoms with Crippen LogP contribution in [0, 0.1) is 13.8 Å². The fraction of sp³-hybridized carbons (Fsp3) is 0.200. The number of rotatable bonds is 7. The number of aryl methyl sites for hydroxylation is 2. The van der Waals surface area contributed by atoms with Crippen molar-refractivity contribution in [2.75, 3.05) is 7.11 Å². The Labute approximate surface area is 214 Å². The second-order valence-electron chi connectivity index (χ2n) is 9.16. The van der Waals surface area contributed by atoms with E-state index in [0.717, 1.165) is 44.5 Å². The van der Waals surface area contributed by atoms with E-state index in [4.69, 9.17) is 9.26 Å². The Morgan fingerprint density at radius 3 is 2.51 bits per heavy atom. The highest BCUT2D eigenvalue weighted by atomic mass is 16.5. The molecule has 2 aromatic carbocycles. The average molecular weight is 494 g/mol. The molecule has 186 valence electrons. The number of hydrogen-bond donors (Lipinski definition) is 0. The van der Waals surface area contributed by atoms with Gasteiger partial charge in [0.15, 0.2) is 0 Å². The summed E-state index contributed by atoms with van der Waals surface area (Å²) in [6.07, 6.45) is 2.03. The Morgan fingerprint density at radius 1 is 1.03 bits per heavy atom. The lowest BCUT2D eigenvalue weighted by atomic mass is 9.97. The maximum Gasteiger partial charge on any atom is 0.259 e. The fourth-order valence-corrected chi connectivity index (χ4v) is 4.79. The van der Waals surface area contributed by atoms with Crippen molar-refractivity contribution in [3.05, 3.63) is 99.9 Å². The Morgan fingerprint density at radius 2 is 1.84 bits per heavy atom. The Bertz CT molecular complexity index is 1660. The molecule has 0 saturated heterocycles. The van der Waals surface area contributed by atoms with Crippen molar-refractivity contribution in [3.8, 4) is 28.0 Å². The second-order valence-corrected chi connectivity index (χ2v) is 9.16. The lowest BCUT2D eigenvalue weighted by Crippen LogP contribution is -2.23. The van der Waals surface area contributed by atoms with E-state index in [-0.39, 0.29) is 11.3 Å². The number of Topliss-reactive ketones (excluding diaryl/α,β-unsaturated/α-hetero) is 1. The van der Waals surface area contributed by atoms with Crippen molar-refractivity contribution in [2.24, 2.45) is 0 Å². The number of fused-ring (bicyclic) bond motifs is 1. The first-order valence-corrected chi connectivity index (χ1v) is 12.0. The van der Waals surface area contributed by atoms with Crippen LogP contribution in [0.3, 0.4) is 0 Å². The SMILES string of the molecule is COc1cc2c(cc1-c1c(C)noc1C)cc(-c1cccc(CC(C)=O)c1)c(=O)n2Cc1ccccn1. The van der Waals surface area contributed by atoms with Crippen LogP contribution in [0.5, 0.6) is 5.75 Å². The number of benzene rings is 2. The van der Waals surface area contributed by atoms with E-state index in [1.54, 1.807) is 24.8 Å². The van der Waals surface area contributed by atoms with Gasteiger partial charge in [-0.25, -0.2) is 0 Å². The molecule has 0 radical (unpaired) electrons. The lowest BCUT2D eigenvalue weighted by molar-refractivity contribution is -0.116. The van der Waals surface area contributed by atoms with Gasteiger partial charge < -0.3 is 13.8 Å². The van der Waals surface area contributed by atoms with Crippen LogP contribution in [-0.4, -0.2) is 27.6 Å². The number of carbonyl (C=O) groups excluding carboxylic acids is 1. The Balaban J connectivity index is 1.80. The zero-order chi connectivity index (χ0) is 26.1. The van der Waals surface area contributed by atoms with Gasteiger partial charge in [-0.15, -0.1) is 0 Å². The predicted molar refractivity (Wildman–Crippen MR) is 143 cm³/mol. The van der Waals surface area contributed by atoms with Gasteiger partial charge in [-0.05, 0) is 61.5 Å². The smallest absolute Gasteiger partial charge is 0.259 e. The molecule has 37 heavy (non-hydrogen) atoms. The minimum absolute atomic E-state index is 0.0689. The minimum atomic E-state index is -0.148. The molecule has 0 aliphatic carbocycles. The first kappa shape index (κ1) is 24.2. The number of ketones is 1. The van der Waals surface area contributed by atoms with Gasteiger partial charge >= 0.3 is 0 Å². The van der Waals surface area contributed by atoms with Crippen molar-refractivity contribution in [1.29, 1.82) is 0 Å². The van der Waals surface area contributed by atoms with E-state index >= 15 is 0 Å². The molecule has 3 heterocycles. The van der Waals surface area contributed by atoms with Gasteiger partial charge in [-0.1, -0.05) is 35.5 Å². The number of aromatic nitrogens is 3. The predicted octanol–water partition coefficient (Wildman–Crippen LogP) is 5.52. The van der Waals surface area contributed by atoms with E-state index in [1.807, 2.05) is 74.5 Å². The van der Waals surface area contributed by atoms with Crippen LogP contribution in [0.1, 0.15) is 29.6 Å². The minimum Gasteiger partial charge on any atom is -0.496 e. The standard InChI is InChI=1S/C30H27N3O4/c1-18(34)12-21-8-7-9-22(13-21)25-14-23-15-26(29-19(2)32-37-20(29)3)28(36-4)16-27(23)33(30(25)35)17-24-10-5-6-11-31-24/h5-11,13-16H,12,17H2,1-4H3. The van der Waals surface area contributed by atoms with Crippen molar-refractivity contribution in [3.63, 3.8) is 0 Å². The molecule has 0 saturated carbocycles. The topological polar surface area (TPSA) is 87.2 Å². The Kier molecular flexibility index (Phi) is 6.44. The van der Waals surface area contributed by atoms with Gasteiger partial charge in [0.1, 0.15) is 17.3 Å². The van der Waals surface area contributed by atoms with Gasteiger partial charge in [0, 0.05) is 29.8 Å². The molecule has 7 heteroatoms. The zero-order valence-electron chi connectivity index (χ0n) is 21.2. The highest BCUT2D eigenvalue weighted by Crippen LogP contribution is 2.38. The molecule has 0 amide bonds. The van der Waals surface area contributed by atoms with Crippen molar-refractivity contribution >= 4 is 16.7 Å². The van der Waals surface area contributed by atoms with Crippen LogP contribution >= 0.6 is 0 Å². The molecular formula is C30H27N3O4. The van der Waals surface area contributed by atoms with E-state index in [1.165, 1.54) is 0 Å². The summed E-state index contributed by atoms with van der Waals surface area (Å²) in [6, 6.07) is 19.0. The summed E-state index contributed by atoms with van der Waals surface area (Å²) in [7, 11) is 1.61. The average Bonchev–Trinajstić information content (AvgIpc) is 3.22. The van der Waals surface area contributed by atoms with E-state index in [2.05, 4.69) is 10.1 Å². The number of nitrogens with zero attached hydrogens (tertiary/aromatic N) is 3. The van der Waals surface area contributed by atoms with E-state index < -0.39 is 0 Å². The largest absolute Gasteiger partial charge is 0.496 e. The van der Waals surface area contributed by atoms with Crippen LogP contribution in [0.25, 0.3) is 33.2 Å². The molecule has 3 aromatic heterocycles. The summed E-state index contributed by atoms with van der Waals surface area (Å²) < 4.78 is 12.9. The van der Waals surface area contributed by atoms with Gasteiger partial charge in [-0.3, -0.25) is 14.6 Å². The van der Waals surface area contributed by atoms with Crippen LogP contribution in [0.2, 0.25) is 0 Å². The summed E-state index contributed by atoms with van der Waals surface area (Å²) in [4.78, 5) is 30.1. The van der Waals surface area contributed by atoms with Crippen molar-refractivity contribution in [1.82, 2.24) is 14.7 Å². The van der Waals surface area contributed by atoms with Crippen LogP contribution < -0.4 is 10.3 Å². The molecule has 5 rings (SSSR count). The molecule has 5 aromatic rings. The molecule has 0 fully saturated rings. The molecule has 0 bridgehead atoms. The number of carbonyl (C=O) groups is 1. The first-order chi connectivity index (χ1) is 17.9. The number of ether oxygens (including phenoxy) is 1. The Hall–Kier alpha value is -4.52. The molecule has 0 unspecified atom stereocenters. The molecular weight excluding hydrogens is 466 g/mol. The monoisotopic (exact) mass is 493 g/mol. The quantitative estimate of drug-likeness (QED) is 0.297. The van der Waals surface area contributed by atoms with Crippen molar-refractivity contribution in [2.45, 2.75) is 33.7 Å². The molecule has 0 spiro atoms. The summed E-state index contributed by atoms with van der Waals surface area (Å²) in [5.41, 5.74) is 5.98. The highest BCUT2D eigenvalue weighted by molar-refractivity contribution is 5.92. The maximum atomic E-state index is 13.9. The normalized spacial score (nSPS) is 11.1. The summed E-state index contributed by atoms with van der Waals surface area (Å²) in [6.45, 7) is 5.62. The molecule has 0 atom stereocenters. The lowest BCUT2D eigenvalue weighted by Gasteiger charge is -2.17. The van der Waals surface area contributed by atoms with Crippen molar-refractivity contribution < 1.29 is 14.1 Å². The third-order valence-electron chi connectivity index (χ3n) is 6.46. The molecule has 0 aliphatic heterocycles. The summed E-state index contributed by atoms with van der Waals surface area (Å²) >= 11 is 0.